The van der Waals surface area contributed by atoms with Crippen molar-refractivity contribution in [2.45, 2.75) is 32.1 Å². The SMILES string of the molecule is CC(C)(C)c1cc(NC(=O)OCC2c3ccccc3-c3ccccc32)ccc1C(=O)O. The molecule has 31 heavy (non-hydrogen) atoms. The van der Waals surface area contributed by atoms with Crippen LogP contribution in [0, 0.1) is 0 Å². The summed E-state index contributed by atoms with van der Waals surface area (Å²) in [5.41, 5.74) is 5.65. The lowest BCUT2D eigenvalue weighted by molar-refractivity contribution is 0.0694. The molecule has 3 aromatic rings. The molecule has 5 nitrogen and oxygen atoms in total. The highest BCUT2D eigenvalue weighted by atomic mass is 16.5. The molecule has 1 amide bonds. The minimum absolute atomic E-state index is 0.0160. The van der Waals surface area contributed by atoms with Crippen LogP contribution in [0.2, 0.25) is 0 Å². The number of benzene rings is 3. The van der Waals surface area contributed by atoms with Crippen molar-refractivity contribution in [1.82, 2.24) is 0 Å². The average molecular weight is 415 g/mol. The molecule has 0 aliphatic heterocycles. The second kappa shape index (κ2) is 7.91. The number of anilines is 1. The van der Waals surface area contributed by atoms with E-state index in [1.807, 2.05) is 45.0 Å². The van der Waals surface area contributed by atoms with E-state index in [-0.39, 0.29) is 23.5 Å². The quantitative estimate of drug-likeness (QED) is 0.544. The maximum Gasteiger partial charge on any atom is 0.411 e. The van der Waals surface area contributed by atoms with Gasteiger partial charge in [-0.3, -0.25) is 5.32 Å². The van der Waals surface area contributed by atoms with E-state index in [1.54, 1.807) is 12.1 Å². The first-order chi connectivity index (χ1) is 14.8. The van der Waals surface area contributed by atoms with Gasteiger partial charge in [0, 0.05) is 11.6 Å². The van der Waals surface area contributed by atoms with Crippen LogP contribution in [0.4, 0.5) is 10.5 Å². The third-order valence-corrected chi connectivity index (χ3v) is 5.65. The number of fused-ring (bicyclic) bond motifs is 3. The summed E-state index contributed by atoms with van der Waals surface area (Å²) >= 11 is 0. The molecule has 0 spiro atoms. The molecule has 5 heteroatoms. The largest absolute Gasteiger partial charge is 0.478 e. The Kier molecular flexibility index (Phi) is 5.27. The topological polar surface area (TPSA) is 75.6 Å². The van der Waals surface area contributed by atoms with Crippen molar-refractivity contribution in [3.63, 3.8) is 0 Å². The van der Waals surface area contributed by atoms with Gasteiger partial charge in [0.1, 0.15) is 6.61 Å². The number of nitrogens with one attached hydrogen (secondary N) is 1. The van der Waals surface area contributed by atoms with Crippen molar-refractivity contribution in [3.05, 3.63) is 89.0 Å². The van der Waals surface area contributed by atoms with Gasteiger partial charge in [-0.1, -0.05) is 69.3 Å². The van der Waals surface area contributed by atoms with E-state index < -0.39 is 12.1 Å². The molecule has 0 saturated carbocycles. The number of hydrogen-bond acceptors (Lipinski definition) is 3. The molecule has 0 bridgehead atoms. The fourth-order valence-corrected chi connectivity index (χ4v) is 4.18. The molecule has 4 rings (SSSR count). The first-order valence-corrected chi connectivity index (χ1v) is 10.3. The number of amides is 1. The van der Waals surface area contributed by atoms with Crippen LogP contribution in [0.3, 0.4) is 0 Å². The zero-order valence-electron chi connectivity index (χ0n) is 17.8. The standard InChI is InChI=1S/C26H25NO4/c1-26(2,3)23-14-16(12-13-21(23)24(28)29)27-25(30)31-15-22-19-10-6-4-8-17(19)18-9-5-7-11-20(18)22/h4-14,22H,15H2,1-3H3,(H,27,30)(H,28,29). The number of carboxylic acid groups (broad SMARTS) is 1. The number of carbonyl (C=O) groups is 2. The van der Waals surface area contributed by atoms with Crippen molar-refractivity contribution < 1.29 is 19.4 Å². The number of carboxylic acids is 1. The number of rotatable bonds is 4. The highest BCUT2D eigenvalue weighted by molar-refractivity contribution is 5.92. The molecule has 1 aliphatic carbocycles. The molecule has 3 aromatic carbocycles. The Morgan fingerprint density at radius 2 is 1.52 bits per heavy atom. The third kappa shape index (κ3) is 4.04. The molecular weight excluding hydrogens is 390 g/mol. The molecule has 0 heterocycles. The Morgan fingerprint density at radius 1 is 0.935 bits per heavy atom. The van der Waals surface area contributed by atoms with Crippen LogP contribution in [0.5, 0.6) is 0 Å². The van der Waals surface area contributed by atoms with E-state index >= 15 is 0 Å². The maximum absolute atomic E-state index is 12.5. The van der Waals surface area contributed by atoms with Gasteiger partial charge in [-0.25, -0.2) is 9.59 Å². The maximum atomic E-state index is 12.5. The van der Waals surface area contributed by atoms with Crippen molar-refractivity contribution in [2.24, 2.45) is 0 Å². The Bertz CT molecular complexity index is 1110. The predicted octanol–water partition coefficient (Wildman–Crippen LogP) is 6.04. The fraction of sp³-hybridized carbons (Fsp3) is 0.231. The average Bonchev–Trinajstić information content (AvgIpc) is 3.05. The number of hydrogen-bond donors (Lipinski definition) is 2. The lowest BCUT2D eigenvalue weighted by atomic mass is 9.83. The molecule has 0 fully saturated rings. The van der Waals surface area contributed by atoms with Gasteiger partial charge in [0.2, 0.25) is 0 Å². The Hall–Kier alpha value is -3.60. The van der Waals surface area contributed by atoms with Gasteiger partial charge in [-0.05, 0) is 51.4 Å². The summed E-state index contributed by atoms with van der Waals surface area (Å²) < 4.78 is 5.58. The van der Waals surface area contributed by atoms with Crippen molar-refractivity contribution >= 4 is 17.7 Å². The minimum Gasteiger partial charge on any atom is -0.478 e. The van der Waals surface area contributed by atoms with Gasteiger partial charge in [0.05, 0.1) is 5.56 Å². The lowest BCUT2D eigenvalue weighted by Crippen LogP contribution is -2.20. The summed E-state index contributed by atoms with van der Waals surface area (Å²) in [6.07, 6.45) is -0.565. The Balaban J connectivity index is 1.50. The number of carbonyl (C=O) groups excluding carboxylic acids is 1. The first kappa shape index (κ1) is 20.7. The molecule has 0 radical (unpaired) electrons. The Labute approximate surface area is 181 Å². The van der Waals surface area contributed by atoms with E-state index in [9.17, 15) is 14.7 Å². The van der Waals surface area contributed by atoms with Crippen molar-refractivity contribution in [3.8, 4) is 11.1 Å². The van der Waals surface area contributed by atoms with Gasteiger partial charge in [-0.2, -0.15) is 0 Å². The van der Waals surface area contributed by atoms with Crippen molar-refractivity contribution in [1.29, 1.82) is 0 Å². The van der Waals surface area contributed by atoms with Gasteiger partial charge in [-0.15, -0.1) is 0 Å². The molecular formula is C26H25NO4. The third-order valence-electron chi connectivity index (χ3n) is 5.65. The summed E-state index contributed by atoms with van der Waals surface area (Å²) in [7, 11) is 0. The van der Waals surface area contributed by atoms with Crippen LogP contribution < -0.4 is 5.32 Å². The number of ether oxygens (including phenoxy) is 1. The van der Waals surface area contributed by atoms with Crippen LogP contribution in [0.25, 0.3) is 11.1 Å². The number of aromatic carboxylic acids is 1. The molecule has 158 valence electrons. The molecule has 0 saturated heterocycles. The summed E-state index contributed by atoms with van der Waals surface area (Å²) in [5, 5.41) is 12.2. The summed E-state index contributed by atoms with van der Waals surface area (Å²) in [5.74, 6) is -1.00. The van der Waals surface area contributed by atoms with Crippen LogP contribution in [-0.2, 0) is 10.2 Å². The summed E-state index contributed by atoms with van der Waals surface area (Å²) in [4.78, 5) is 24.1. The molecule has 0 aromatic heterocycles. The smallest absolute Gasteiger partial charge is 0.411 e. The van der Waals surface area contributed by atoms with E-state index in [0.29, 0.717) is 11.3 Å². The molecule has 0 unspecified atom stereocenters. The highest BCUT2D eigenvalue weighted by Crippen LogP contribution is 2.44. The van der Waals surface area contributed by atoms with E-state index in [0.717, 1.165) is 11.1 Å². The summed E-state index contributed by atoms with van der Waals surface area (Å²) in [6.45, 7) is 6.03. The first-order valence-electron chi connectivity index (χ1n) is 10.3. The molecule has 2 N–H and O–H groups in total. The van der Waals surface area contributed by atoms with E-state index in [1.165, 1.54) is 17.2 Å². The van der Waals surface area contributed by atoms with Crippen LogP contribution in [0.1, 0.15) is 53.7 Å². The van der Waals surface area contributed by atoms with Gasteiger partial charge >= 0.3 is 12.1 Å². The van der Waals surface area contributed by atoms with Gasteiger partial charge < -0.3 is 9.84 Å². The normalized spacial score (nSPS) is 12.7. The predicted molar refractivity (Wildman–Crippen MR) is 121 cm³/mol. The van der Waals surface area contributed by atoms with E-state index in [2.05, 4.69) is 29.6 Å². The summed E-state index contributed by atoms with van der Waals surface area (Å²) in [6, 6.07) is 21.1. The van der Waals surface area contributed by atoms with Crippen LogP contribution in [0.15, 0.2) is 66.7 Å². The monoisotopic (exact) mass is 415 g/mol. The Morgan fingerprint density at radius 3 is 2.06 bits per heavy atom. The zero-order valence-corrected chi connectivity index (χ0v) is 17.8. The molecule has 1 aliphatic rings. The van der Waals surface area contributed by atoms with Crippen molar-refractivity contribution in [2.75, 3.05) is 11.9 Å². The van der Waals surface area contributed by atoms with Crippen LogP contribution >= 0.6 is 0 Å². The zero-order chi connectivity index (χ0) is 22.2. The van der Waals surface area contributed by atoms with Gasteiger partial charge in [0.25, 0.3) is 0 Å². The second-order valence-electron chi connectivity index (χ2n) is 8.77. The highest BCUT2D eigenvalue weighted by Gasteiger charge is 2.29. The van der Waals surface area contributed by atoms with Crippen LogP contribution in [-0.4, -0.2) is 23.8 Å². The minimum atomic E-state index is -0.988. The van der Waals surface area contributed by atoms with Gasteiger partial charge in [0.15, 0.2) is 0 Å². The second-order valence-corrected chi connectivity index (χ2v) is 8.77. The fourth-order valence-electron chi connectivity index (χ4n) is 4.18. The van der Waals surface area contributed by atoms with E-state index in [4.69, 9.17) is 4.74 Å². The molecule has 0 atom stereocenters. The lowest BCUT2D eigenvalue weighted by Gasteiger charge is -2.22.